The third-order valence-electron chi connectivity index (χ3n) is 6.16. The van der Waals surface area contributed by atoms with E-state index in [9.17, 15) is 9.59 Å². The van der Waals surface area contributed by atoms with Crippen LogP contribution in [0.3, 0.4) is 0 Å². The Balaban J connectivity index is 1.46. The molecule has 0 saturated heterocycles. The molecular weight excluding hydrogens is 410 g/mol. The molecule has 1 atom stereocenters. The van der Waals surface area contributed by atoms with Crippen molar-refractivity contribution >= 4 is 33.1 Å². The Morgan fingerprint density at radius 3 is 2.71 bits per heavy atom. The maximum absolute atomic E-state index is 12.8. The molecule has 2 heterocycles. The number of benzene rings is 1. The van der Waals surface area contributed by atoms with Crippen LogP contribution in [0.1, 0.15) is 49.9 Å². The van der Waals surface area contributed by atoms with Gasteiger partial charge in [0.1, 0.15) is 16.4 Å². The molecule has 0 radical (unpaired) electrons. The van der Waals surface area contributed by atoms with Gasteiger partial charge in [0.25, 0.3) is 5.56 Å². The smallest absolute Gasteiger partial charge is 0.259 e. The number of carbonyl (C=O) groups excluding carboxylic acids is 1. The highest BCUT2D eigenvalue weighted by Crippen LogP contribution is 2.41. The fraction of sp³-hybridized carbons (Fsp3) is 0.458. The van der Waals surface area contributed by atoms with Gasteiger partial charge in [0.05, 0.1) is 12.5 Å². The summed E-state index contributed by atoms with van der Waals surface area (Å²) in [5.41, 5.74) is 2.07. The van der Waals surface area contributed by atoms with Gasteiger partial charge in [0, 0.05) is 23.4 Å². The highest BCUT2D eigenvalue weighted by atomic mass is 32.1. The van der Waals surface area contributed by atoms with E-state index in [4.69, 9.17) is 9.72 Å². The van der Waals surface area contributed by atoms with Crippen molar-refractivity contribution in [1.82, 2.24) is 9.97 Å². The van der Waals surface area contributed by atoms with Gasteiger partial charge < -0.3 is 15.0 Å². The first-order chi connectivity index (χ1) is 14.7. The standard InChI is InChI=1S/C24H29N3O3S/c1-24(2,3)14-5-10-17-18(13-14)31-23-21(17)22(29)26-19(27-23)11-12-20(28)25-15-6-8-16(30-4)9-7-15/h6-9,14H,5,10-13H2,1-4H3,(H,25,28)(H,26,27,29)/t14-/m1/s1. The molecule has 0 bridgehead atoms. The van der Waals surface area contributed by atoms with Crippen molar-refractivity contribution in [1.29, 1.82) is 0 Å². The van der Waals surface area contributed by atoms with Gasteiger partial charge in [-0.3, -0.25) is 9.59 Å². The summed E-state index contributed by atoms with van der Waals surface area (Å²) in [4.78, 5) is 34.8. The lowest BCUT2D eigenvalue weighted by Crippen LogP contribution is -2.26. The molecular formula is C24H29N3O3S. The summed E-state index contributed by atoms with van der Waals surface area (Å²) in [5.74, 6) is 1.80. The van der Waals surface area contributed by atoms with Crippen LogP contribution in [0.25, 0.3) is 10.2 Å². The Morgan fingerprint density at radius 2 is 2.03 bits per heavy atom. The number of carbonyl (C=O) groups is 1. The monoisotopic (exact) mass is 439 g/mol. The summed E-state index contributed by atoms with van der Waals surface area (Å²) in [6.45, 7) is 6.86. The molecule has 1 aliphatic rings. The number of rotatable bonds is 5. The second-order valence-electron chi connectivity index (χ2n) is 9.28. The van der Waals surface area contributed by atoms with Gasteiger partial charge >= 0.3 is 0 Å². The van der Waals surface area contributed by atoms with Crippen LogP contribution < -0.4 is 15.6 Å². The molecule has 0 spiro atoms. The van der Waals surface area contributed by atoms with E-state index in [1.165, 1.54) is 10.4 Å². The average Bonchev–Trinajstić information content (AvgIpc) is 3.10. The van der Waals surface area contributed by atoms with Crippen LogP contribution in [0.4, 0.5) is 5.69 Å². The van der Waals surface area contributed by atoms with Gasteiger partial charge in [-0.2, -0.15) is 0 Å². The molecule has 1 amide bonds. The highest BCUT2D eigenvalue weighted by Gasteiger charge is 2.31. The average molecular weight is 440 g/mol. The molecule has 7 heteroatoms. The number of aryl methyl sites for hydroxylation is 2. The third kappa shape index (κ3) is 4.66. The summed E-state index contributed by atoms with van der Waals surface area (Å²) in [5, 5.41) is 3.61. The Kier molecular flexibility index (Phi) is 5.88. The van der Waals surface area contributed by atoms with Crippen LogP contribution in [-0.4, -0.2) is 23.0 Å². The number of amides is 1. The van der Waals surface area contributed by atoms with Gasteiger partial charge in [-0.1, -0.05) is 20.8 Å². The van der Waals surface area contributed by atoms with Crippen molar-refractivity contribution in [2.45, 2.75) is 52.9 Å². The first-order valence-corrected chi connectivity index (χ1v) is 11.5. The van der Waals surface area contributed by atoms with Crippen LogP contribution in [0, 0.1) is 11.3 Å². The van der Waals surface area contributed by atoms with Gasteiger partial charge in [0.2, 0.25) is 5.91 Å². The molecule has 6 nitrogen and oxygen atoms in total. The SMILES string of the molecule is COc1ccc(NC(=O)CCc2nc3sc4c(c3c(=O)[nH]2)CC[C@@H](C(C)(C)C)C4)cc1. The summed E-state index contributed by atoms with van der Waals surface area (Å²) >= 11 is 1.64. The van der Waals surface area contributed by atoms with Crippen molar-refractivity contribution in [2.75, 3.05) is 12.4 Å². The lowest BCUT2D eigenvalue weighted by Gasteiger charge is -2.33. The van der Waals surface area contributed by atoms with Crippen molar-refractivity contribution in [3.8, 4) is 5.75 Å². The predicted octanol–water partition coefficient (Wildman–Crippen LogP) is 4.72. The zero-order chi connectivity index (χ0) is 22.2. The maximum Gasteiger partial charge on any atom is 0.259 e. The molecule has 0 saturated carbocycles. The van der Waals surface area contributed by atoms with Crippen LogP contribution in [0.15, 0.2) is 29.1 Å². The van der Waals surface area contributed by atoms with E-state index in [-0.39, 0.29) is 23.3 Å². The minimum atomic E-state index is -0.119. The summed E-state index contributed by atoms with van der Waals surface area (Å²) in [6.07, 6.45) is 3.69. The quantitative estimate of drug-likeness (QED) is 0.603. The zero-order valence-corrected chi connectivity index (χ0v) is 19.3. The number of H-pyrrole nitrogens is 1. The number of aromatic nitrogens is 2. The van der Waals surface area contributed by atoms with E-state index in [1.54, 1.807) is 42.7 Å². The molecule has 31 heavy (non-hydrogen) atoms. The minimum absolute atomic E-state index is 0.0812. The Morgan fingerprint density at radius 1 is 1.29 bits per heavy atom. The van der Waals surface area contributed by atoms with Crippen LogP contribution in [0.5, 0.6) is 5.75 Å². The predicted molar refractivity (Wildman–Crippen MR) is 125 cm³/mol. The number of aromatic amines is 1. The number of ether oxygens (including phenoxy) is 1. The molecule has 3 aromatic rings. The number of fused-ring (bicyclic) bond motifs is 3. The number of nitrogens with zero attached hydrogens (tertiary/aromatic N) is 1. The van der Waals surface area contributed by atoms with E-state index in [2.05, 4.69) is 31.1 Å². The van der Waals surface area contributed by atoms with E-state index >= 15 is 0 Å². The molecule has 2 aromatic heterocycles. The molecule has 0 aliphatic heterocycles. The largest absolute Gasteiger partial charge is 0.497 e. The molecule has 0 fully saturated rings. The van der Waals surface area contributed by atoms with E-state index in [1.807, 2.05) is 0 Å². The Hall–Kier alpha value is -2.67. The normalized spacial score (nSPS) is 16.2. The first kappa shape index (κ1) is 21.6. The van der Waals surface area contributed by atoms with Crippen LogP contribution >= 0.6 is 11.3 Å². The van der Waals surface area contributed by atoms with Gasteiger partial charge in [0.15, 0.2) is 0 Å². The molecule has 164 valence electrons. The number of nitrogens with one attached hydrogen (secondary N) is 2. The van der Waals surface area contributed by atoms with Crippen molar-refractivity contribution < 1.29 is 9.53 Å². The number of thiophene rings is 1. The summed E-state index contributed by atoms with van der Waals surface area (Å²) in [6, 6.07) is 7.19. The second kappa shape index (κ2) is 8.46. The summed E-state index contributed by atoms with van der Waals surface area (Å²) < 4.78 is 5.12. The molecule has 0 unspecified atom stereocenters. The van der Waals surface area contributed by atoms with Gasteiger partial charge in [-0.05, 0) is 60.4 Å². The molecule has 4 rings (SSSR count). The summed E-state index contributed by atoms with van der Waals surface area (Å²) in [7, 11) is 1.60. The highest BCUT2D eigenvalue weighted by molar-refractivity contribution is 7.18. The molecule has 1 aromatic carbocycles. The van der Waals surface area contributed by atoms with Crippen molar-refractivity contribution in [3.05, 3.63) is 50.9 Å². The number of anilines is 1. The van der Waals surface area contributed by atoms with E-state index < -0.39 is 0 Å². The Bertz CT molecular complexity index is 1160. The number of methoxy groups -OCH3 is 1. The van der Waals surface area contributed by atoms with Crippen LogP contribution in [-0.2, 0) is 24.1 Å². The van der Waals surface area contributed by atoms with Crippen molar-refractivity contribution in [2.24, 2.45) is 11.3 Å². The number of hydrogen-bond donors (Lipinski definition) is 2. The second-order valence-corrected chi connectivity index (χ2v) is 10.4. The van der Waals surface area contributed by atoms with Gasteiger partial charge in [-0.15, -0.1) is 11.3 Å². The Labute approximate surface area is 186 Å². The van der Waals surface area contributed by atoms with E-state index in [0.717, 1.165) is 35.2 Å². The minimum Gasteiger partial charge on any atom is -0.497 e. The first-order valence-electron chi connectivity index (χ1n) is 10.7. The van der Waals surface area contributed by atoms with Crippen molar-refractivity contribution in [3.63, 3.8) is 0 Å². The lowest BCUT2D eigenvalue weighted by atomic mass is 9.72. The van der Waals surface area contributed by atoms with Crippen LogP contribution in [0.2, 0.25) is 0 Å². The zero-order valence-electron chi connectivity index (χ0n) is 18.5. The fourth-order valence-electron chi connectivity index (χ4n) is 4.22. The molecule has 1 aliphatic carbocycles. The topological polar surface area (TPSA) is 84.1 Å². The fourth-order valence-corrected chi connectivity index (χ4v) is 5.53. The molecule has 2 N–H and O–H groups in total. The third-order valence-corrected chi connectivity index (χ3v) is 7.30. The maximum atomic E-state index is 12.8. The van der Waals surface area contributed by atoms with E-state index in [0.29, 0.717) is 23.9 Å². The number of hydrogen-bond acceptors (Lipinski definition) is 5. The lowest BCUT2D eigenvalue weighted by molar-refractivity contribution is -0.116. The van der Waals surface area contributed by atoms with Gasteiger partial charge in [-0.25, -0.2) is 4.98 Å².